The van der Waals surface area contributed by atoms with Gasteiger partial charge in [-0.1, -0.05) is 31.6 Å². The first-order valence-electron chi connectivity index (χ1n) is 5.35. The van der Waals surface area contributed by atoms with Gasteiger partial charge in [0.25, 0.3) is 0 Å². The summed E-state index contributed by atoms with van der Waals surface area (Å²) in [7, 11) is 0.967. The topological polar surface area (TPSA) is 27.7 Å². The highest BCUT2D eigenvalue weighted by molar-refractivity contribution is 6.60. The lowest BCUT2D eigenvalue weighted by atomic mass is 10.3. The van der Waals surface area contributed by atoms with Crippen LogP contribution in [0.15, 0.2) is 23.8 Å². The molecule has 0 bridgehead atoms. The van der Waals surface area contributed by atoms with E-state index in [1.807, 2.05) is 0 Å². The number of hydrogen-bond acceptors (Lipinski definition) is 3. The summed E-state index contributed by atoms with van der Waals surface area (Å²) < 4.78 is 16.7. The molecule has 0 fully saturated rings. The second kappa shape index (κ2) is 6.22. The SMILES string of the molecule is CCC[Si](OC)(OC)OCC1=CC=CC1. The summed E-state index contributed by atoms with van der Waals surface area (Å²) in [5.74, 6) is 0. The fourth-order valence-corrected chi connectivity index (χ4v) is 3.56. The molecule has 0 N–H and O–H groups in total. The van der Waals surface area contributed by atoms with Crippen LogP contribution < -0.4 is 0 Å². The fourth-order valence-electron chi connectivity index (χ4n) is 1.58. The Hall–Kier alpha value is -0.423. The lowest BCUT2D eigenvalue weighted by Crippen LogP contribution is -2.44. The van der Waals surface area contributed by atoms with Gasteiger partial charge in [-0.3, -0.25) is 0 Å². The zero-order chi connectivity index (χ0) is 11.1. The van der Waals surface area contributed by atoms with Crippen molar-refractivity contribution >= 4 is 8.80 Å². The maximum atomic E-state index is 5.84. The van der Waals surface area contributed by atoms with Gasteiger partial charge < -0.3 is 13.3 Å². The lowest BCUT2D eigenvalue weighted by Gasteiger charge is -2.26. The molecule has 3 nitrogen and oxygen atoms in total. The summed E-state index contributed by atoms with van der Waals surface area (Å²) in [5.41, 5.74) is 1.29. The van der Waals surface area contributed by atoms with Gasteiger partial charge in [0.15, 0.2) is 0 Å². The Balaban J connectivity index is 2.43. The number of allylic oxidation sites excluding steroid dienone is 3. The van der Waals surface area contributed by atoms with Gasteiger partial charge in [0, 0.05) is 20.3 Å². The molecule has 1 rings (SSSR count). The van der Waals surface area contributed by atoms with Gasteiger partial charge in [-0.2, -0.15) is 0 Å². The van der Waals surface area contributed by atoms with Crippen molar-refractivity contribution in [3.05, 3.63) is 23.8 Å². The fraction of sp³-hybridized carbons (Fsp3) is 0.636. The summed E-state index contributed by atoms with van der Waals surface area (Å²) in [6, 6.07) is 0.876. The molecule has 1 aliphatic carbocycles. The van der Waals surface area contributed by atoms with Crippen molar-refractivity contribution in [3.8, 4) is 0 Å². The molecule has 15 heavy (non-hydrogen) atoms. The van der Waals surface area contributed by atoms with E-state index in [0.29, 0.717) is 6.61 Å². The van der Waals surface area contributed by atoms with E-state index in [-0.39, 0.29) is 0 Å². The lowest BCUT2D eigenvalue weighted by molar-refractivity contribution is 0.107. The van der Waals surface area contributed by atoms with Gasteiger partial charge in [-0.15, -0.1) is 0 Å². The van der Waals surface area contributed by atoms with Crippen LogP contribution in [0.1, 0.15) is 19.8 Å². The summed E-state index contributed by atoms with van der Waals surface area (Å²) in [6.07, 6.45) is 8.29. The van der Waals surface area contributed by atoms with Gasteiger partial charge >= 0.3 is 8.80 Å². The van der Waals surface area contributed by atoms with E-state index < -0.39 is 8.80 Å². The van der Waals surface area contributed by atoms with Crippen LogP contribution in [0.5, 0.6) is 0 Å². The zero-order valence-corrected chi connectivity index (χ0v) is 10.8. The van der Waals surface area contributed by atoms with Crippen molar-refractivity contribution in [1.82, 2.24) is 0 Å². The van der Waals surface area contributed by atoms with Gasteiger partial charge in [0.2, 0.25) is 0 Å². The molecule has 0 atom stereocenters. The van der Waals surface area contributed by atoms with Gasteiger partial charge in [-0.25, -0.2) is 0 Å². The summed E-state index contributed by atoms with van der Waals surface area (Å²) in [5, 5.41) is 0. The summed E-state index contributed by atoms with van der Waals surface area (Å²) >= 11 is 0. The summed E-state index contributed by atoms with van der Waals surface area (Å²) in [6.45, 7) is 2.74. The third-order valence-corrected chi connectivity index (χ3v) is 5.44. The third kappa shape index (κ3) is 3.57. The Morgan fingerprint density at radius 1 is 1.33 bits per heavy atom. The van der Waals surface area contributed by atoms with E-state index in [1.165, 1.54) is 5.57 Å². The molecule has 1 aliphatic rings. The quantitative estimate of drug-likeness (QED) is 0.627. The first-order valence-corrected chi connectivity index (χ1v) is 7.28. The monoisotopic (exact) mass is 228 g/mol. The van der Waals surface area contributed by atoms with Crippen LogP contribution in [-0.2, 0) is 13.3 Å². The molecular formula is C11H20O3Si. The summed E-state index contributed by atoms with van der Waals surface area (Å²) in [4.78, 5) is 0. The third-order valence-electron chi connectivity index (χ3n) is 2.50. The van der Waals surface area contributed by atoms with Crippen LogP contribution in [0, 0.1) is 0 Å². The molecule has 0 heterocycles. The molecule has 0 aliphatic heterocycles. The highest BCUT2D eigenvalue weighted by Crippen LogP contribution is 2.19. The van der Waals surface area contributed by atoms with Crippen LogP contribution >= 0.6 is 0 Å². The van der Waals surface area contributed by atoms with Crippen molar-refractivity contribution in [2.45, 2.75) is 25.8 Å². The predicted molar refractivity (Wildman–Crippen MR) is 62.7 cm³/mol. The van der Waals surface area contributed by atoms with Crippen LogP contribution in [0.3, 0.4) is 0 Å². The Morgan fingerprint density at radius 2 is 2.07 bits per heavy atom. The van der Waals surface area contributed by atoms with Crippen LogP contribution in [0.25, 0.3) is 0 Å². The number of rotatable bonds is 7. The molecule has 4 heteroatoms. The molecule has 0 saturated heterocycles. The standard InChI is InChI=1S/C11H20O3Si/c1-4-9-15(12-2,13-3)14-10-11-7-5-6-8-11/h5-7H,4,8-10H2,1-3H3. The Kier molecular flexibility index (Phi) is 5.25. The predicted octanol–water partition coefficient (Wildman–Crippen LogP) is 2.53. The van der Waals surface area contributed by atoms with E-state index in [9.17, 15) is 0 Å². The molecule has 0 aromatic heterocycles. The van der Waals surface area contributed by atoms with Crippen LogP contribution in [-0.4, -0.2) is 29.6 Å². The molecule has 0 saturated carbocycles. The average Bonchev–Trinajstić information content (AvgIpc) is 2.77. The minimum Gasteiger partial charge on any atom is -0.377 e. The second-order valence-electron chi connectivity index (χ2n) is 3.59. The molecule has 0 unspecified atom stereocenters. The minimum absolute atomic E-state index is 0.626. The van der Waals surface area contributed by atoms with Crippen molar-refractivity contribution in [1.29, 1.82) is 0 Å². The van der Waals surface area contributed by atoms with Crippen molar-refractivity contribution in [2.75, 3.05) is 20.8 Å². The molecule has 0 amide bonds. The maximum absolute atomic E-state index is 5.84. The molecule has 0 spiro atoms. The second-order valence-corrected chi connectivity index (χ2v) is 6.56. The highest BCUT2D eigenvalue weighted by Gasteiger charge is 2.37. The van der Waals surface area contributed by atoms with E-state index in [0.717, 1.165) is 18.9 Å². The van der Waals surface area contributed by atoms with Crippen LogP contribution in [0.2, 0.25) is 6.04 Å². The maximum Gasteiger partial charge on any atom is 0.500 e. The normalized spacial score (nSPS) is 15.8. The number of hydrogen-bond donors (Lipinski definition) is 0. The van der Waals surface area contributed by atoms with E-state index in [2.05, 4.69) is 25.2 Å². The van der Waals surface area contributed by atoms with Crippen LogP contribution in [0.4, 0.5) is 0 Å². The zero-order valence-electron chi connectivity index (χ0n) is 9.79. The van der Waals surface area contributed by atoms with Crippen molar-refractivity contribution in [3.63, 3.8) is 0 Å². The van der Waals surface area contributed by atoms with E-state index in [4.69, 9.17) is 13.3 Å². The Bertz CT molecular complexity index is 244. The van der Waals surface area contributed by atoms with Crippen molar-refractivity contribution < 1.29 is 13.3 Å². The van der Waals surface area contributed by atoms with Gasteiger partial charge in [0.1, 0.15) is 0 Å². The highest BCUT2D eigenvalue weighted by atomic mass is 28.4. The van der Waals surface area contributed by atoms with Gasteiger partial charge in [0.05, 0.1) is 6.61 Å². The molecule has 86 valence electrons. The molecule has 0 radical (unpaired) electrons. The molecule has 0 aromatic carbocycles. The van der Waals surface area contributed by atoms with Crippen molar-refractivity contribution in [2.24, 2.45) is 0 Å². The smallest absolute Gasteiger partial charge is 0.377 e. The first kappa shape index (κ1) is 12.6. The molecular weight excluding hydrogens is 208 g/mol. The van der Waals surface area contributed by atoms with E-state index in [1.54, 1.807) is 14.2 Å². The van der Waals surface area contributed by atoms with Gasteiger partial charge in [-0.05, 0) is 12.0 Å². The molecule has 0 aromatic rings. The van der Waals surface area contributed by atoms with E-state index >= 15 is 0 Å². The average molecular weight is 228 g/mol. The minimum atomic E-state index is -2.38. The largest absolute Gasteiger partial charge is 0.500 e. The first-order chi connectivity index (χ1) is 7.26. The Morgan fingerprint density at radius 3 is 2.53 bits per heavy atom. The Labute approximate surface area is 93.1 Å².